The van der Waals surface area contributed by atoms with Gasteiger partial charge in [-0.05, 0) is 50.1 Å². The van der Waals surface area contributed by atoms with Crippen molar-refractivity contribution < 1.29 is 23.8 Å². The number of aryl methyl sites for hydroxylation is 1. The van der Waals surface area contributed by atoms with Gasteiger partial charge in [0.15, 0.2) is 5.78 Å². The Hall–Kier alpha value is -4.40. The largest absolute Gasteiger partial charge is 0.497 e. The molecule has 4 rings (SSSR count). The number of hydrogen-bond donors (Lipinski definition) is 0. The topological polar surface area (TPSA) is 99.4 Å². The number of fused-ring (bicyclic) bond motifs is 2. The maximum Gasteiger partial charge on any atom is 0.340 e. The number of allylic oxidation sites excluding steroid dienone is 1. The Morgan fingerprint density at radius 2 is 1.78 bits per heavy atom. The van der Waals surface area contributed by atoms with Gasteiger partial charge in [-0.1, -0.05) is 13.0 Å². The summed E-state index contributed by atoms with van der Waals surface area (Å²) in [7, 11) is 3.00. The number of pyridine rings is 1. The van der Waals surface area contributed by atoms with E-state index >= 15 is 0 Å². The molecule has 37 heavy (non-hydrogen) atoms. The summed E-state index contributed by atoms with van der Waals surface area (Å²) in [5, 5.41) is 0. The van der Waals surface area contributed by atoms with Crippen LogP contribution in [-0.2, 0) is 9.53 Å². The molecule has 3 heterocycles. The Labute approximate surface area is 214 Å². The van der Waals surface area contributed by atoms with Gasteiger partial charge in [0.05, 0.1) is 37.7 Å². The molecule has 192 valence electrons. The molecule has 0 spiro atoms. The Morgan fingerprint density at radius 1 is 1.08 bits per heavy atom. The van der Waals surface area contributed by atoms with Crippen molar-refractivity contribution in [3.05, 3.63) is 80.9 Å². The van der Waals surface area contributed by atoms with Gasteiger partial charge in [-0.25, -0.2) is 9.78 Å². The summed E-state index contributed by atoms with van der Waals surface area (Å²) in [5.41, 5.74) is 2.01. The van der Waals surface area contributed by atoms with Crippen LogP contribution in [0.2, 0.25) is 0 Å². The van der Waals surface area contributed by atoms with Gasteiger partial charge in [0, 0.05) is 30.4 Å². The Kier molecular flexibility index (Phi) is 7.42. The summed E-state index contributed by atoms with van der Waals surface area (Å²) in [6, 6.07) is 8.50. The SMILES string of the molecule is CCCN1/C(=C\C(=O)c2cc(OC)cc(OC)c2)C(C(=O)OCC)=Cc2c1nc1c(C)cccn1c2=O. The first-order valence-electron chi connectivity index (χ1n) is 12.0. The van der Waals surface area contributed by atoms with Crippen LogP contribution in [0.15, 0.2) is 58.7 Å². The van der Waals surface area contributed by atoms with E-state index in [2.05, 4.69) is 0 Å². The van der Waals surface area contributed by atoms with E-state index < -0.39 is 5.97 Å². The highest BCUT2D eigenvalue weighted by atomic mass is 16.5. The summed E-state index contributed by atoms with van der Waals surface area (Å²) in [5.74, 6) is 0.291. The van der Waals surface area contributed by atoms with Crippen molar-refractivity contribution in [1.29, 1.82) is 0 Å². The predicted molar refractivity (Wildman–Crippen MR) is 140 cm³/mol. The zero-order valence-corrected chi connectivity index (χ0v) is 21.5. The summed E-state index contributed by atoms with van der Waals surface area (Å²) >= 11 is 0. The molecule has 2 aromatic heterocycles. The van der Waals surface area contributed by atoms with Gasteiger partial charge in [-0.3, -0.25) is 14.0 Å². The van der Waals surface area contributed by atoms with E-state index in [4.69, 9.17) is 19.2 Å². The Morgan fingerprint density at radius 3 is 2.41 bits per heavy atom. The number of esters is 1. The molecular formula is C28H29N3O6. The number of nitrogens with zero attached hydrogens (tertiary/aromatic N) is 3. The van der Waals surface area contributed by atoms with Crippen LogP contribution in [0.5, 0.6) is 11.5 Å². The average molecular weight is 504 g/mol. The van der Waals surface area contributed by atoms with Crippen LogP contribution in [-0.4, -0.2) is 48.5 Å². The number of methoxy groups -OCH3 is 2. The molecule has 0 unspecified atom stereocenters. The first kappa shape index (κ1) is 25.7. The van der Waals surface area contributed by atoms with Crippen molar-refractivity contribution in [1.82, 2.24) is 9.38 Å². The standard InChI is InChI=1S/C28H29N3O6/c1-6-10-30-23(16-24(32)18-12-19(35-4)14-20(13-18)36-5)21(28(34)37-7-2)15-22-26(30)29-25-17(3)9-8-11-31(25)27(22)33/h8-9,11-16H,6-7,10H2,1-5H3/b23-16-. The molecular weight excluding hydrogens is 474 g/mol. The number of carbonyl (C=O) groups excluding carboxylic acids is 2. The molecule has 1 aromatic carbocycles. The number of aromatic nitrogens is 2. The number of hydrogen-bond acceptors (Lipinski definition) is 8. The van der Waals surface area contributed by atoms with Crippen molar-refractivity contribution in [3.63, 3.8) is 0 Å². The van der Waals surface area contributed by atoms with E-state index in [0.29, 0.717) is 47.2 Å². The van der Waals surface area contributed by atoms with Gasteiger partial charge in [-0.2, -0.15) is 0 Å². The molecule has 0 N–H and O–H groups in total. The first-order chi connectivity index (χ1) is 17.8. The van der Waals surface area contributed by atoms with Crippen LogP contribution in [0.4, 0.5) is 5.82 Å². The number of benzene rings is 1. The fourth-order valence-corrected chi connectivity index (χ4v) is 4.25. The Bertz CT molecular complexity index is 1480. The minimum atomic E-state index is -0.634. The van der Waals surface area contributed by atoms with E-state index in [1.54, 1.807) is 42.3 Å². The van der Waals surface area contributed by atoms with Gasteiger partial charge < -0.3 is 19.1 Å². The van der Waals surface area contributed by atoms with Crippen LogP contribution in [0.1, 0.15) is 41.8 Å². The maximum atomic E-state index is 13.5. The van der Waals surface area contributed by atoms with Gasteiger partial charge >= 0.3 is 5.97 Å². The van der Waals surface area contributed by atoms with Gasteiger partial charge in [0.25, 0.3) is 5.56 Å². The molecule has 0 aliphatic carbocycles. The highest BCUT2D eigenvalue weighted by Gasteiger charge is 2.32. The van der Waals surface area contributed by atoms with Gasteiger partial charge in [-0.15, -0.1) is 0 Å². The number of anilines is 1. The average Bonchev–Trinajstić information content (AvgIpc) is 2.90. The third-order valence-corrected chi connectivity index (χ3v) is 6.02. The van der Waals surface area contributed by atoms with E-state index in [0.717, 1.165) is 5.56 Å². The molecule has 9 heteroatoms. The second-order valence-corrected chi connectivity index (χ2v) is 8.46. The molecule has 0 bridgehead atoms. The van der Waals surface area contributed by atoms with E-state index in [1.807, 2.05) is 19.9 Å². The van der Waals surface area contributed by atoms with Crippen molar-refractivity contribution in [3.8, 4) is 11.5 Å². The fourth-order valence-electron chi connectivity index (χ4n) is 4.25. The van der Waals surface area contributed by atoms with E-state index in [1.165, 1.54) is 30.8 Å². The zero-order valence-electron chi connectivity index (χ0n) is 21.5. The molecule has 0 fully saturated rings. The molecule has 0 radical (unpaired) electrons. The highest BCUT2D eigenvalue weighted by molar-refractivity contribution is 6.10. The monoisotopic (exact) mass is 503 g/mol. The van der Waals surface area contributed by atoms with E-state index in [-0.39, 0.29) is 29.1 Å². The van der Waals surface area contributed by atoms with Gasteiger partial charge in [0.2, 0.25) is 0 Å². The maximum absolute atomic E-state index is 13.5. The van der Waals surface area contributed by atoms with Crippen molar-refractivity contribution >= 4 is 29.3 Å². The second kappa shape index (κ2) is 10.7. The number of ether oxygens (including phenoxy) is 3. The minimum absolute atomic E-state index is 0.109. The molecule has 1 aliphatic rings. The summed E-state index contributed by atoms with van der Waals surface area (Å²) in [6.45, 7) is 6.09. The summed E-state index contributed by atoms with van der Waals surface area (Å²) in [4.78, 5) is 46.6. The lowest BCUT2D eigenvalue weighted by atomic mass is 9.99. The van der Waals surface area contributed by atoms with E-state index in [9.17, 15) is 14.4 Å². The minimum Gasteiger partial charge on any atom is -0.497 e. The molecule has 0 saturated heterocycles. The van der Waals surface area contributed by atoms with Crippen LogP contribution in [0.25, 0.3) is 11.7 Å². The van der Waals surface area contributed by atoms with Crippen molar-refractivity contribution in [2.24, 2.45) is 0 Å². The van der Waals surface area contributed by atoms with Gasteiger partial charge in [0.1, 0.15) is 23.0 Å². The van der Waals surface area contributed by atoms with Crippen LogP contribution < -0.4 is 19.9 Å². The second-order valence-electron chi connectivity index (χ2n) is 8.46. The molecule has 0 saturated carbocycles. The molecule has 3 aromatic rings. The normalized spacial score (nSPS) is 13.8. The molecule has 9 nitrogen and oxygen atoms in total. The van der Waals surface area contributed by atoms with Crippen LogP contribution >= 0.6 is 0 Å². The Balaban J connectivity index is 1.97. The number of rotatable bonds is 8. The van der Waals surface area contributed by atoms with Crippen LogP contribution in [0, 0.1) is 6.92 Å². The predicted octanol–water partition coefficient (Wildman–Crippen LogP) is 3.96. The molecule has 1 aliphatic heterocycles. The first-order valence-corrected chi connectivity index (χ1v) is 12.0. The fraction of sp³-hybridized carbons (Fsp3) is 0.286. The molecule has 0 atom stereocenters. The summed E-state index contributed by atoms with van der Waals surface area (Å²) < 4.78 is 17.4. The highest BCUT2D eigenvalue weighted by Crippen LogP contribution is 2.34. The zero-order chi connectivity index (χ0) is 26.7. The van der Waals surface area contributed by atoms with Crippen molar-refractivity contribution in [2.75, 3.05) is 32.3 Å². The lowest BCUT2D eigenvalue weighted by Gasteiger charge is -2.32. The third-order valence-electron chi connectivity index (χ3n) is 6.02. The van der Waals surface area contributed by atoms with Crippen LogP contribution in [0.3, 0.4) is 0 Å². The lowest BCUT2D eigenvalue weighted by molar-refractivity contribution is -0.138. The lowest BCUT2D eigenvalue weighted by Crippen LogP contribution is -2.35. The third kappa shape index (κ3) is 4.84. The number of ketones is 1. The molecule has 0 amide bonds. The quantitative estimate of drug-likeness (QED) is 0.259. The smallest absolute Gasteiger partial charge is 0.340 e. The summed E-state index contributed by atoms with van der Waals surface area (Å²) in [6.07, 6.45) is 5.15. The number of carbonyl (C=O) groups is 2. The van der Waals surface area contributed by atoms with Crippen molar-refractivity contribution in [2.45, 2.75) is 27.2 Å².